The van der Waals surface area contributed by atoms with E-state index in [2.05, 4.69) is 5.32 Å². The Morgan fingerprint density at radius 1 is 1.45 bits per heavy atom. The summed E-state index contributed by atoms with van der Waals surface area (Å²) < 4.78 is 0. The smallest absolute Gasteiger partial charge is 0.282 e. The minimum absolute atomic E-state index is 0.0213. The van der Waals surface area contributed by atoms with E-state index in [0.717, 1.165) is 37.8 Å². The van der Waals surface area contributed by atoms with E-state index in [1.165, 1.54) is 6.07 Å². The topological polar surface area (TPSA) is 92.5 Å². The molecule has 6 heteroatoms. The number of aromatic hydroxyl groups is 1. The van der Waals surface area contributed by atoms with Crippen LogP contribution in [0.2, 0.25) is 0 Å². The number of hydrogen-bond acceptors (Lipinski definition) is 4. The molecule has 1 aromatic rings. The van der Waals surface area contributed by atoms with E-state index in [1.807, 2.05) is 6.92 Å². The largest absolute Gasteiger partial charge is 0.508 e. The van der Waals surface area contributed by atoms with Gasteiger partial charge in [0.15, 0.2) is 0 Å². The first kappa shape index (κ1) is 14.3. The zero-order valence-electron chi connectivity index (χ0n) is 11.3. The van der Waals surface area contributed by atoms with Gasteiger partial charge in [-0.2, -0.15) is 0 Å². The molecule has 0 bridgehead atoms. The van der Waals surface area contributed by atoms with Crippen LogP contribution in [0.4, 0.5) is 5.69 Å². The number of carbonyl (C=O) groups excluding carboxylic acids is 1. The van der Waals surface area contributed by atoms with Gasteiger partial charge in [0.05, 0.1) is 4.92 Å². The highest BCUT2D eigenvalue weighted by atomic mass is 16.6. The quantitative estimate of drug-likeness (QED) is 0.654. The van der Waals surface area contributed by atoms with Gasteiger partial charge in [0.25, 0.3) is 11.6 Å². The summed E-state index contributed by atoms with van der Waals surface area (Å²) in [6.07, 6.45) is 4.47. The van der Waals surface area contributed by atoms with Crippen molar-refractivity contribution in [3.05, 3.63) is 33.9 Å². The molecule has 1 fully saturated rings. The molecule has 108 valence electrons. The second-order valence-electron chi connectivity index (χ2n) is 5.27. The second kappa shape index (κ2) is 5.90. The number of nitrogens with zero attached hydrogens (tertiary/aromatic N) is 1. The van der Waals surface area contributed by atoms with Crippen molar-refractivity contribution in [1.82, 2.24) is 5.32 Å². The molecule has 0 radical (unpaired) electrons. The average Bonchev–Trinajstić information content (AvgIpc) is 2.92. The van der Waals surface area contributed by atoms with Crippen LogP contribution in [0.25, 0.3) is 0 Å². The first-order chi connectivity index (χ1) is 9.49. The maximum atomic E-state index is 12.2. The van der Waals surface area contributed by atoms with E-state index < -0.39 is 10.8 Å². The summed E-state index contributed by atoms with van der Waals surface area (Å²) in [6.45, 7) is 1.92. The van der Waals surface area contributed by atoms with Crippen LogP contribution >= 0.6 is 0 Å². The number of amides is 1. The maximum absolute atomic E-state index is 12.2. The van der Waals surface area contributed by atoms with Gasteiger partial charge >= 0.3 is 0 Å². The Labute approximate surface area is 117 Å². The van der Waals surface area contributed by atoms with E-state index in [0.29, 0.717) is 5.92 Å². The monoisotopic (exact) mass is 278 g/mol. The van der Waals surface area contributed by atoms with E-state index in [9.17, 15) is 20.0 Å². The Bertz CT molecular complexity index is 524. The number of carbonyl (C=O) groups is 1. The third-order valence-corrected chi connectivity index (χ3v) is 3.89. The fourth-order valence-electron chi connectivity index (χ4n) is 2.72. The lowest BCUT2D eigenvalue weighted by Crippen LogP contribution is -2.37. The molecule has 0 aliphatic heterocycles. The van der Waals surface area contributed by atoms with E-state index in [1.54, 1.807) is 0 Å². The molecule has 20 heavy (non-hydrogen) atoms. The standard InChI is InChI=1S/C14H18N2O4/c1-9(10-4-2-3-5-10)15-14(18)12-8-11(17)6-7-13(12)16(19)20/h6-10,17H,2-5H2,1H3,(H,15,18). The molecule has 2 rings (SSSR count). The molecular weight excluding hydrogens is 260 g/mol. The number of phenols is 1. The Hall–Kier alpha value is -2.11. The fraction of sp³-hybridized carbons (Fsp3) is 0.500. The van der Waals surface area contributed by atoms with Crippen molar-refractivity contribution in [1.29, 1.82) is 0 Å². The predicted octanol–water partition coefficient (Wildman–Crippen LogP) is 2.61. The molecule has 1 aliphatic rings. The number of rotatable bonds is 4. The first-order valence-electron chi connectivity index (χ1n) is 6.77. The summed E-state index contributed by atoms with van der Waals surface area (Å²) in [6, 6.07) is 3.46. The number of phenolic OH excluding ortho intramolecular Hbond substituents is 1. The molecule has 0 aromatic heterocycles. The Kier molecular flexibility index (Phi) is 4.22. The molecule has 1 saturated carbocycles. The normalized spacial score (nSPS) is 16.9. The maximum Gasteiger partial charge on any atom is 0.282 e. The number of nitro groups is 1. The van der Waals surface area contributed by atoms with Gasteiger partial charge in [-0.1, -0.05) is 12.8 Å². The van der Waals surface area contributed by atoms with Crippen LogP contribution in [0.15, 0.2) is 18.2 Å². The predicted molar refractivity (Wildman–Crippen MR) is 73.6 cm³/mol. The van der Waals surface area contributed by atoms with E-state index in [-0.39, 0.29) is 23.0 Å². The highest BCUT2D eigenvalue weighted by molar-refractivity contribution is 5.98. The third kappa shape index (κ3) is 3.07. The Balaban J connectivity index is 2.15. The molecule has 2 N–H and O–H groups in total. The zero-order chi connectivity index (χ0) is 14.7. The van der Waals surface area contributed by atoms with E-state index in [4.69, 9.17) is 0 Å². The summed E-state index contributed by atoms with van der Waals surface area (Å²) >= 11 is 0. The summed E-state index contributed by atoms with van der Waals surface area (Å²) in [5, 5.41) is 23.1. The van der Waals surface area contributed by atoms with Gasteiger partial charge < -0.3 is 10.4 Å². The van der Waals surface area contributed by atoms with Gasteiger partial charge in [-0.15, -0.1) is 0 Å². The molecule has 1 amide bonds. The van der Waals surface area contributed by atoms with Crippen molar-refractivity contribution >= 4 is 11.6 Å². The van der Waals surface area contributed by atoms with Crippen molar-refractivity contribution < 1.29 is 14.8 Å². The van der Waals surface area contributed by atoms with Gasteiger partial charge in [0.2, 0.25) is 0 Å². The van der Waals surface area contributed by atoms with Crippen molar-refractivity contribution in [2.24, 2.45) is 5.92 Å². The van der Waals surface area contributed by atoms with Gasteiger partial charge in [-0.05, 0) is 37.8 Å². The third-order valence-electron chi connectivity index (χ3n) is 3.89. The van der Waals surface area contributed by atoms with E-state index >= 15 is 0 Å². The van der Waals surface area contributed by atoms with Crippen molar-refractivity contribution in [3.63, 3.8) is 0 Å². The summed E-state index contributed by atoms with van der Waals surface area (Å²) in [5.74, 6) is -0.239. The van der Waals surface area contributed by atoms with Crippen molar-refractivity contribution in [2.75, 3.05) is 0 Å². The average molecular weight is 278 g/mol. The Morgan fingerprint density at radius 3 is 2.70 bits per heavy atom. The fourth-order valence-corrected chi connectivity index (χ4v) is 2.72. The summed E-state index contributed by atoms with van der Waals surface area (Å²) in [4.78, 5) is 22.5. The molecule has 1 unspecified atom stereocenters. The van der Waals surface area contributed by atoms with Gasteiger partial charge in [-0.3, -0.25) is 14.9 Å². The molecule has 1 aromatic carbocycles. The van der Waals surface area contributed by atoms with Crippen molar-refractivity contribution in [2.45, 2.75) is 38.6 Å². The highest BCUT2D eigenvalue weighted by Gasteiger charge is 2.26. The lowest BCUT2D eigenvalue weighted by atomic mass is 9.99. The molecule has 0 saturated heterocycles. The molecule has 1 atom stereocenters. The number of nitro benzene ring substituents is 1. The van der Waals surface area contributed by atoms with Crippen LogP contribution in [-0.4, -0.2) is 22.0 Å². The zero-order valence-corrected chi connectivity index (χ0v) is 11.3. The Morgan fingerprint density at radius 2 is 2.10 bits per heavy atom. The second-order valence-corrected chi connectivity index (χ2v) is 5.27. The lowest BCUT2D eigenvalue weighted by Gasteiger charge is -2.20. The van der Waals surface area contributed by atoms with Crippen LogP contribution in [0.1, 0.15) is 43.0 Å². The molecule has 0 spiro atoms. The van der Waals surface area contributed by atoms with Crippen molar-refractivity contribution in [3.8, 4) is 5.75 Å². The molecule has 6 nitrogen and oxygen atoms in total. The molecular formula is C14H18N2O4. The summed E-state index contributed by atoms with van der Waals surface area (Å²) in [5.41, 5.74) is -0.390. The first-order valence-corrected chi connectivity index (χ1v) is 6.77. The highest BCUT2D eigenvalue weighted by Crippen LogP contribution is 2.28. The molecule has 1 aliphatic carbocycles. The minimum Gasteiger partial charge on any atom is -0.508 e. The number of benzene rings is 1. The van der Waals surface area contributed by atoms with Gasteiger partial charge in [0.1, 0.15) is 11.3 Å². The van der Waals surface area contributed by atoms with Crippen LogP contribution in [0.5, 0.6) is 5.75 Å². The van der Waals surface area contributed by atoms with Gasteiger partial charge in [0, 0.05) is 12.1 Å². The van der Waals surface area contributed by atoms with Crippen LogP contribution in [0.3, 0.4) is 0 Å². The van der Waals surface area contributed by atoms with Crippen LogP contribution in [-0.2, 0) is 0 Å². The van der Waals surface area contributed by atoms with Crippen LogP contribution in [0, 0.1) is 16.0 Å². The lowest BCUT2D eigenvalue weighted by molar-refractivity contribution is -0.385. The SMILES string of the molecule is CC(NC(=O)c1cc(O)ccc1[N+](=O)[O-])C1CCCC1. The minimum atomic E-state index is -0.616. The van der Waals surface area contributed by atoms with Crippen LogP contribution < -0.4 is 5.32 Å². The number of hydrogen-bond donors (Lipinski definition) is 2. The number of nitrogens with one attached hydrogen (secondary N) is 1. The summed E-state index contributed by atoms with van der Waals surface area (Å²) in [7, 11) is 0. The molecule has 0 heterocycles. The van der Waals surface area contributed by atoms with Gasteiger partial charge in [-0.25, -0.2) is 0 Å².